The number of hydrogen-bond acceptors (Lipinski definition) is 7. The van der Waals surface area contributed by atoms with Crippen LogP contribution in [0.25, 0.3) is 21.8 Å². The molecule has 16 heteroatoms. The third kappa shape index (κ3) is 10.7. The summed E-state index contributed by atoms with van der Waals surface area (Å²) in [5.74, 6) is 3.57. The number of imidazole rings is 1. The highest BCUT2D eigenvalue weighted by Gasteiger charge is 2.44. The van der Waals surface area contributed by atoms with Crippen molar-refractivity contribution in [1.82, 2.24) is 29.7 Å². The highest BCUT2D eigenvalue weighted by atomic mass is 19.4. The molecule has 2 aromatic carbocycles. The maximum absolute atomic E-state index is 13.4. The topological polar surface area (TPSA) is 119 Å². The number of rotatable bonds is 9. The lowest BCUT2D eigenvalue weighted by Crippen LogP contribution is -2.47. The van der Waals surface area contributed by atoms with Crippen molar-refractivity contribution in [3.05, 3.63) is 88.3 Å². The Kier molecular flexibility index (Phi) is 15.2. The lowest BCUT2D eigenvalue weighted by atomic mass is 9.68. The molecule has 3 saturated heterocycles. The molecule has 11 rings (SSSR count). The average Bonchev–Trinajstić information content (AvgIpc) is 4.14. The monoisotopic (exact) mass is 993 g/mol. The Hall–Kier alpha value is -4.67. The van der Waals surface area contributed by atoms with Crippen LogP contribution in [0.5, 0.6) is 0 Å². The van der Waals surface area contributed by atoms with Crippen molar-refractivity contribution >= 4 is 34.6 Å². The van der Waals surface area contributed by atoms with Gasteiger partial charge in [-0.15, -0.1) is 0 Å². The Morgan fingerprint density at radius 3 is 1.70 bits per heavy atom. The van der Waals surface area contributed by atoms with Gasteiger partial charge in [0, 0.05) is 82.7 Å². The van der Waals surface area contributed by atoms with Gasteiger partial charge in [0.15, 0.2) is 0 Å². The second-order valence-electron chi connectivity index (χ2n) is 21.8. The smallest absolute Gasteiger partial charge is 0.416 e. The zero-order valence-corrected chi connectivity index (χ0v) is 41.3. The Morgan fingerprint density at radius 1 is 0.746 bits per heavy atom. The van der Waals surface area contributed by atoms with E-state index in [0.717, 1.165) is 180 Å². The van der Waals surface area contributed by atoms with Crippen LogP contribution in [0.1, 0.15) is 136 Å². The van der Waals surface area contributed by atoms with Crippen molar-refractivity contribution in [3.8, 4) is 0 Å². The van der Waals surface area contributed by atoms with E-state index in [2.05, 4.69) is 48.3 Å². The lowest BCUT2D eigenvalue weighted by molar-refractivity contribution is -0.138. The first kappa shape index (κ1) is 51.2. The second-order valence-corrected chi connectivity index (χ2v) is 21.8. The molecule has 6 heterocycles. The fraction of sp³-hybridized carbons (Fsp3) is 0.618. The number of likely N-dealkylation sites (tertiary alicyclic amines) is 2. The van der Waals surface area contributed by atoms with E-state index in [0.29, 0.717) is 30.1 Å². The molecule has 4 fully saturated rings. The van der Waals surface area contributed by atoms with Crippen LogP contribution in [-0.4, -0.2) is 102 Å². The van der Waals surface area contributed by atoms with E-state index in [1.165, 1.54) is 44.1 Å². The zero-order valence-electron chi connectivity index (χ0n) is 41.3. The van der Waals surface area contributed by atoms with Crippen LogP contribution in [0.2, 0.25) is 0 Å². The summed E-state index contributed by atoms with van der Waals surface area (Å²) in [5, 5.41) is 1.48. The lowest BCUT2D eigenvalue weighted by Gasteiger charge is -2.45. The van der Waals surface area contributed by atoms with E-state index < -0.39 is 23.5 Å². The van der Waals surface area contributed by atoms with Crippen molar-refractivity contribution in [1.29, 1.82) is 0 Å². The maximum Gasteiger partial charge on any atom is 0.416 e. The van der Waals surface area contributed by atoms with Crippen molar-refractivity contribution in [2.45, 2.75) is 127 Å². The molecule has 6 atom stereocenters. The number of benzene rings is 2. The molecule has 3 aromatic heterocycles. The van der Waals surface area contributed by atoms with Crippen LogP contribution in [-0.2, 0) is 49.7 Å². The van der Waals surface area contributed by atoms with Crippen LogP contribution in [0, 0.1) is 29.1 Å². The number of fused-ring (bicyclic) bond motifs is 8. The highest BCUT2D eigenvalue weighted by molar-refractivity contribution is 5.87. The fourth-order valence-corrected chi connectivity index (χ4v) is 13.8. The van der Waals surface area contributed by atoms with Gasteiger partial charge in [-0.3, -0.25) is 4.79 Å². The first-order valence-electron chi connectivity index (χ1n) is 25.9. The third-order valence-electron chi connectivity index (χ3n) is 17.9. The summed E-state index contributed by atoms with van der Waals surface area (Å²) in [6.45, 7) is 12.4. The predicted molar refractivity (Wildman–Crippen MR) is 261 cm³/mol. The molecule has 1 saturated carbocycles. The number of hydrogen-bond donors (Lipinski definition) is 3. The summed E-state index contributed by atoms with van der Waals surface area (Å²) >= 11 is 0. The minimum Gasteiger partial charge on any atom is -0.471 e. The first-order chi connectivity index (χ1) is 34.0. The number of alkyl halides is 6. The SMILES string of the molecule is COC=O.C[C@H]1c2c([nH]c3ccc(C(F)(F)F)cc23)C[C@H]2CCN(CCC3(C=O)CCCCC3)C[C@@H]21.C[C@H]1c2c([nH]c3ccc(C(F)(F)F)cc23)C[C@H]2CCN(CCC3(c4ncc[nH]4)CCOCC3)C[C@@H]21. The molecular weight excluding hydrogens is 923 g/mol. The fourth-order valence-electron chi connectivity index (χ4n) is 13.8. The van der Waals surface area contributed by atoms with E-state index in [9.17, 15) is 31.1 Å². The molecule has 3 aliphatic heterocycles. The average molecular weight is 993 g/mol. The number of aromatic nitrogens is 4. The molecule has 6 aliphatic rings. The van der Waals surface area contributed by atoms with Crippen molar-refractivity contribution < 1.29 is 45.4 Å². The van der Waals surface area contributed by atoms with Crippen molar-refractivity contribution in [2.24, 2.45) is 29.1 Å². The van der Waals surface area contributed by atoms with Gasteiger partial charge in [0.05, 0.1) is 18.2 Å². The van der Waals surface area contributed by atoms with Crippen LogP contribution in [0.4, 0.5) is 26.3 Å². The molecule has 0 bridgehead atoms. The Morgan fingerprint density at radius 2 is 1.25 bits per heavy atom. The van der Waals surface area contributed by atoms with Crippen LogP contribution < -0.4 is 0 Å². The van der Waals surface area contributed by atoms with Gasteiger partial charge in [-0.2, -0.15) is 26.3 Å². The Bertz CT molecular complexity index is 2590. The molecule has 71 heavy (non-hydrogen) atoms. The van der Waals surface area contributed by atoms with E-state index in [1.54, 1.807) is 12.1 Å². The number of nitrogens with one attached hydrogen (secondary N) is 3. The van der Waals surface area contributed by atoms with Gasteiger partial charge in [-0.05, 0) is 173 Å². The van der Waals surface area contributed by atoms with Crippen LogP contribution >= 0.6 is 0 Å². The van der Waals surface area contributed by atoms with E-state index >= 15 is 0 Å². The molecule has 0 unspecified atom stereocenters. The van der Waals surface area contributed by atoms with Gasteiger partial charge in [-0.1, -0.05) is 33.1 Å². The van der Waals surface area contributed by atoms with Crippen LogP contribution in [0.3, 0.4) is 0 Å². The number of aromatic amines is 3. The number of ether oxygens (including phenoxy) is 2. The van der Waals surface area contributed by atoms with Gasteiger partial charge in [0.25, 0.3) is 6.47 Å². The maximum atomic E-state index is 13.4. The van der Waals surface area contributed by atoms with Gasteiger partial charge < -0.3 is 39.0 Å². The number of methoxy groups -OCH3 is 1. The van der Waals surface area contributed by atoms with Gasteiger partial charge in [-0.25, -0.2) is 4.98 Å². The molecule has 386 valence electrons. The number of piperidine rings is 2. The molecule has 0 radical (unpaired) electrons. The number of carbonyl (C=O) groups is 2. The molecule has 0 spiro atoms. The third-order valence-corrected chi connectivity index (χ3v) is 17.9. The van der Waals surface area contributed by atoms with Gasteiger partial charge >= 0.3 is 12.4 Å². The second kappa shape index (κ2) is 21.0. The molecule has 3 aliphatic carbocycles. The summed E-state index contributed by atoms with van der Waals surface area (Å²) < 4.78 is 89.7. The van der Waals surface area contributed by atoms with Crippen LogP contribution in [0.15, 0.2) is 48.8 Å². The van der Waals surface area contributed by atoms with Gasteiger partial charge in [0.2, 0.25) is 0 Å². The normalized spacial score (nSPS) is 26.4. The molecule has 5 aromatic rings. The number of halogens is 6. The molecule has 10 nitrogen and oxygen atoms in total. The number of aldehydes is 1. The van der Waals surface area contributed by atoms with E-state index in [4.69, 9.17) is 9.53 Å². The van der Waals surface area contributed by atoms with Gasteiger partial charge in [0.1, 0.15) is 12.1 Å². The molecular formula is C55H70F6N6O4. The minimum atomic E-state index is -4.33. The quantitative estimate of drug-likeness (QED) is 0.0994. The molecule has 0 amide bonds. The standard InChI is InChI=1S/C27H33F3N4O.C26H33F3N2O.C2H4O2/c1-17-21-16-34(11-5-26(6-12-35-13-7-26)25-31-8-9-32-25)10-4-18(21)14-23-24(17)20-15-19(27(28,29)30)2-3-22(20)33-23;1-17-21-15-31(12-10-25(16-32)8-3-2-4-9-25)11-7-18(21)13-23-24(17)20-14-19(26(27,28)29)5-6-22(20)30-23;1-4-2-3/h2-3,8-9,15,17-18,21,33H,4-7,10-14,16H2,1H3,(H,31,32);5-6,14,16-18,21,30H,2-4,7-13,15H2,1H3;2H,1H3/t2*17-,18-,21-;/m11./s1. The van der Waals surface area contributed by atoms with E-state index in [-0.39, 0.29) is 22.7 Å². The van der Waals surface area contributed by atoms with Crippen molar-refractivity contribution in [2.75, 3.05) is 59.6 Å². The minimum absolute atomic E-state index is 0.0365. The summed E-state index contributed by atoms with van der Waals surface area (Å²) in [7, 11) is 1.31. The largest absolute Gasteiger partial charge is 0.471 e. The summed E-state index contributed by atoms with van der Waals surface area (Å²) in [6.07, 6.45) is 9.97. The number of H-pyrrole nitrogens is 3. The summed E-state index contributed by atoms with van der Waals surface area (Å²) in [6, 6.07) is 8.23. The molecule has 3 N–H and O–H groups in total. The zero-order chi connectivity index (χ0) is 50.1. The first-order valence-corrected chi connectivity index (χ1v) is 25.9. The number of nitrogens with zero attached hydrogens (tertiary/aromatic N) is 3. The highest BCUT2D eigenvalue weighted by Crippen LogP contribution is 2.49. The Balaban J connectivity index is 0.000000164. The summed E-state index contributed by atoms with van der Waals surface area (Å²) in [5.41, 5.74) is 4.87. The predicted octanol–water partition coefficient (Wildman–Crippen LogP) is 11.8. The Labute approximate surface area is 412 Å². The number of carbonyl (C=O) groups excluding carboxylic acids is 2. The van der Waals surface area contributed by atoms with E-state index in [1.807, 2.05) is 12.4 Å². The summed E-state index contributed by atoms with van der Waals surface area (Å²) in [4.78, 5) is 40.8. The van der Waals surface area contributed by atoms with Crippen molar-refractivity contribution in [3.63, 3.8) is 0 Å².